The Morgan fingerprint density at radius 1 is 0.939 bits per heavy atom. The zero-order chi connectivity index (χ0) is 23.2. The maximum absolute atomic E-state index is 13.4. The molecule has 0 bridgehead atoms. The lowest BCUT2D eigenvalue weighted by molar-refractivity contribution is -0.137. The molecule has 0 radical (unpaired) electrons. The zero-order valence-electron chi connectivity index (χ0n) is 18.1. The van der Waals surface area contributed by atoms with E-state index < -0.39 is 18.4 Å². The van der Waals surface area contributed by atoms with Gasteiger partial charge < -0.3 is 14.7 Å². The Balaban J connectivity index is 1.71. The van der Waals surface area contributed by atoms with Crippen LogP contribution in [0.4, 0.5) is 0 Å². The first-order chi connectivity index (χ1) is 16.0. The van der Waals surface area contributed by atoms with Crippen molar-refractivity contribution < 1.29 is 19.4 Å². The minimum Gasteiger partial charge on any atom is -0.497 e. The lowest BCUT2D eigenvalue weighted by Gasteiger charge is -2.20. The van der Waals surface area contributed by atoms with Crippen molar-refractivity contribution in [3.8, 4) is 22.8 Å². The number of carbonyl (C=O) groups excluding carboxylic acids is 1. The fourth-order valence-electron chi connectivity index (χ4n) is 3.54. The normalized spacial score (nSPS) is 10.6. The van der Waals surface area contributed by atoms with Crippen molar-refractivity contribution in [3.05, 3.63) is 102 Å². The summed E-state index contributed by atoms with van der Waals surface area (Å²) in [6.45, 7) is -0.308. The molecule has 3 aromatic carbocycles. The molecule has 1 amide bonds. The molecule has 1 heterocycles. The number of hydrogen-bond acceptors (Lipinski definition) is 4. The van der Waals surface area contributed by atoms with Crippen molar-refractivity contribution in [1.29, 1.82) is 0 Å². The Kier molecular flexibility index (Phi) is 6.50. The summed E-state index contributed by atoms with van der Waals surface area (Å²) in [5, 5.41) is 9.42. The fourth-order valence-corrected chi connectivity index (χ4v) is 3.54. The molecule has 0 saturated heterocycles. The first-order valence-corrected chi connectivity index (χ1v) is 10.4. The summed E-state index contributed by atoms with van der Waals surface area (Å²) in [6.07, 6.45) is 1.66. The van der Waals surface area contributed by atoms with E-state index in [9.17, 15) is 14.7 Å². The van der Waals surface area contributed by atoms with Gasteiger partial charge in [-0.2, -0.15) is 0 Å². The Bertz CT molecular complexity index is 1180. The molecule has 0 aliphatic carbocycles. The van der Waals surface area contributed by atoms with Crippen LogP contribution < -0.4 is 4.74 Å². The van der Waals surface area contributed by atoms with E-state index in [4.69, 9.17) is 4.74 Å². The Morgan fingerprint density at radius 3 is 2.18 bits per heavy atom. The van der Waals surface area contributed by atoms with Gasteiger partial charge in [0.2, 0.25) is 0 Å². The third-order valence-corrected chi connectivity index (χ3v) is 5.14. The predicted molar refractivity (Wildman–Crippen MR) is 124 cm³/mol. The quantitative estimate of drug-likeness (QED) is 0.441. The van der Waals surface area contributed by atoms with Gasteiger partial charge in [0.15, 0.2) is 0 Å². The first-order valence-electron chi connectivity index (χ1n) is 10.4. The second-order valence-electron chi connectivity index (χ2n) is 7.42. The largest absolute Gasteiger partial charge is 0.497 e. The van der Waals surface area contributed by atoms with Gasteiger partial charge in [0, 0.05) is 24.0 Å². The molecular weight excluding hydrogens is 418 g/mol. The van der Waals surface area contributed by atoms with Crippen LogP contribution in [-0.4, -0.2) is 45.1 Å². The molecule has 0 unspecified atom stereocenters. The second-order valence-corrected chi connectivity index (χ2v) is 7.42. The number of rotatable bonds is 8. The maximum atomic E-state index is 13.4. The number of ether oxygens (including phenoxy) is 1. The van der Waals surface area contributed by atoms with E-state index in [0.717, 1.165) is 16.8 Å². The number of aromatic nitrogens is 2. The van der Waals surface area contributed by atoms with E-state index in [0.29, 0.717) is 11.6 Å². The van der Waals surface area contributed by atoms with Crippen LogP contribution in [0.15, 0.2) is 91.1 Å². The number of carboxylic acids is 1. The van der Waals surface area contributed by atoms with E-state index in [1.807, 2.05) is 65.2 Å². The molecule has 7 nitrogen and oxygen atoms in total. The van der Waals surface area contributed by atoms with E-state index in [-0.39, 0.29) is 12.2 Å². The Hall–Kier alpha value is -4.39. The summed E-state index contributed by atoms with van der Waals surface area (Å²) >= 11 is 0. The third kappa shape index (κ3) is 5.10. The van der Waals surface area contributed by atoms with Crippen molar-refractivity contribution in [2.75, 3.05) is 13.7 Å². The van der Waals surface area contributed by atoms with Crippen LogP contribution in [0, 0.1) is 0 Å². The summed E-state index contributed by atoms with van der Waals surface area (Å²) in [5.74, 6) is -0.267. The molecule has 7 heteroatoms. The van der Waals surface area contributed by atoms with Gasteiger partial charge in [-0.1, -0.05) is 60.7 Å². The van der Waals surface area contributed by atoms with Crippen LogP contribution in [0.1, 0.15) is 16.1 Å². The highest BCUT2D eigenvalue weighted by atomic mass is 16.5. The number of methoxy groups -OCH3 is 1. The molecule has 4 rings (SSSR count). The molecular formula is C26H23N3O4. The average molecular weight is 441 g/mol. The first kappa shape index (κ1) is 21.8. The van der Waals surface area contributed by atoms with Crippen LogP contribution in [-0.2, 0) is 11.3 Å². The monoisotopic (exact) mass is 441 g/mol. The molecule has 0 fully saturated rings. The summed E-state index contributed by atoms with van der Waals surface area (Å²) in [6, 6.07) is 26.3. The van der Waals surface area contributed by atoms with Crippen LogP contribution >= 0.6 is 0 Å². The molecule has 4 aromatic rings. The van der Waals surface area contributed by atoms with Crippen LogP contribution in [0.5, 0.6) is 5.75 Å². The van der Waals surface area contributed by atoms with Crippen LogP contribution in [0.25, 0.3) is 17.1 Å². The highest BCUT2D eigenvalue weighted by Crippen LogP contribution is 2.24. The minimum absolute atomic E-state index is 0.133. The molecule has 0 aliphatic heterocycles. The van der Waals surface area contributed by atoms with E-state index in [2.05, 4.69) is 4.98 Å². The van der Waals surface area contributed by atoms with Crippen molar-refractivity contribution >= 4 is 11.9 Å². The van der Waals surface area contributed by atoms with Crippen molar-refractivity contribution in [3.63, 3.8) is 0 Å². The molecule has 0 aliphatic rings. The SMILES string of the molecule is COc1ccc(CN(CC(=O)O)C(=O)c2cn(-c3ccccc3)c(-c3ccccc3)n2)cc1. The highest BCUT2D eigenvalue weighted by molar-refractivity contribution is 5.94. The summed E-state index contributed by atoms with van der Waals surface area (Å²) < 4.78 is 7.01. The summed E-state index contributed by atoms with van der Waals surface area (Å²) in [7, 11) is 1.57. The summed E-state index contributed by atoms with van der Waals surface area (Å²) in [5.41, 5.74) is 2.66. The number of aliphatic carboxylic acids is 1. The number of amides is 1. The topological polar surface area (TPSA) is 84.7 Å². The van der Waals surface area contributed by atoms with Gasteiger partial charge in [-0.05, 0) is 29.8 Å². The number of hydrogen-bond donors (Lipinski definition) is 1. The molecule has 0 saturated carbocycles. The number of benzene rings is 3. The third-order valence-electron chi connectivity index (χ3n) is 5.14. The molecule has 1 N–H and O–H groups in total. The average Bonchev–Trinajstić information content (AvgIpc) is 3.30. The maximum Gasteiger partial charge on any atom is 0.323 e. The molecule has 1 aromatic heterocycles. The second kappa shape index (κ2) is 9.82. The van der Waals surface area contributed by atoms with Gasteiger partial charge >= 0.3 is 5.97 Å². The molecule has 166 valence electrons. The minimum atomic E-state index is -1.09. The van der Waals surface area contributed by atoms with Crippen molar-refractivity contribution in [2.45, 2.75) is 6.54 Å². The van der Waals surface area contributed by atoms with Gasteiger partial charge in [0.1, 0.15) is 23.8 Å². The molecule has 0 atom stereocenters. The number of para-hydroxylation sites is 1. The Morgan fingerprint density at radius 2 is 1.58 bits per heavy atom. The fraction of sp³-hybridized carbons (Fsp3) is 0.115. The van der Waals surface area contributed by atoms with E-state index in [1.54, 1.807) is 37.6 Å². The number of imidazole rings is 1. The van der Waals surface area contributed by atoms with Gasteiger partial charge in [-0.15, -0.1) is 0 Å². The lowest BCUT2D eigenvalue weighted by Crippen LogP contribution is -2.35. The van der Waals surface area contributed by atoms with Crippen LogP contribution in [0.3, 0.4) is 0 Å². The lowest BCUT2D eigenvalue weighted by atomic mass is 10.2. The van der Waals surface area contributed by atoms with Crippen molar-refractivity contribution in [1.82, 2.24) is 14.5 Å². The number of nitrogens with zero attached hydrogens (tertiary/aromatic N) is 3. The number of carboxylic acid groups (broad SMARTS) is 1. The summed E-state index contributed by atoms with van der Waals surface area (Å²) in [4.78, 5) is 30.8. The standard InChI is InChI=1S/C26H23N3O4/c1-33-22-14-12-19(13-15-22)16-28(18-24(30)31)26(32)23-17-29(21-10-6-3-7-11-21)25(27-23)20-8-4-2-5-9-20/h2-15,17H,16,18H2,1H3,(H,30,31). The Labute approximate surface area is 191 Å². The molecule has 33 heavy (non-hydrogen) atoms. The van der Waals surface area contributed by atoms with Gasteiger partial charge in [0.05, 0.1) is 7.11 Å². The van der Waals surface area contributed by atoms with Crippen LogP contribution in [0.2, 0.25) is 0 Å². The number of carbonyl (C=O) groups is 2. The highest BCUT2D eigenvalue weighted by Gasteiger charge is 2.24. The zero-order valence-corrected chi connectivity index (χ0v) is 18.1. The predicted octanol–water partition coefficient (Wildman–Crippen LogP) is 4.27. The van der Waals surface area contributed by atoms with Gasteiger partial charge in [-0.3, -0.25) is 14.2 Å². The van der Waals surface area contributed by atoms with Crippen molar-refractivity contribution in [2.24, 2.45) is 0 Å². The molecule has 0 spiro atoms. The smallest absolute Gasteiger partial charge is 0.323 e. The van der Waals surface area contributed by atoms with E-state index in [1.165, 1.54) is 4.90 Å². The van der Waals surface area contributed by atoms with Gasteiger partial charge in [-0.25, -0.2) is 4.98 Å². The van der Waals surface area contributed by atoms with Gasteiger partial charge in [0.25, 0.3) is 5.91 Å². The van der Waals surface area contributed by atoms with E-state index >= 15 is 0 Å².